The van der Waals surface area contributed by atoms with Crippen LogP contribution < -0.4 is 0 Å². The van der Waals surface area contributed by atoms with Crippen LogP contribution in [0.1, 0.15) is 0 Å². The first kappa shape index (κ1) is 80.9. The molecule has 668 valence electrons. The van der Waals surface area contributed by atoms with E-state index in [0.29, 0.717) is 0 Å². The maximum atomic E-state index is 2.51. The first-order valence-corrected chi connectivity index (χ1v) is 49.7. The maximum Gasteiger partial charge on any atom is 0.0620 e. The standard InChI is InChI=1S/C138H86N6/c1-5-25-87(26-6-1)89-49-61-106(62-50-89)140-127-46-18-15-41-113(127)119-80-99(55-68-131(119)140)100-56-69-132-121(82-100)122-83-102(57-70-133(122)141(132)107-63-51-90(52-64-107)88-27-7-2-8-28-88)103-59-72-135-124(85-103)123-84-101(98-54-67-130-118(79-98)112-40-14-17-45-126(112)139(130)105-36-11-4-12-37-105)58-71-134(123)143(135)109-65-74-136-125(86-109)114-42-16-19-47-128(114)142(136)108-38-23-35-104(77-108)117-78-96(53-66-110(117)91-29-9-3-10-30-91)94-33-21-31-92(75-94)93-32-22-34-95(76-93)97-60-73-137-120(81-97)116-44-24-43-115-111-39-13-20-48-129(111)144(137)138(115)116/h1-86H. The number of benzene rings is 23. The fraction of sp³-hybridized carbons (Fsp3) is 0. The predicted molar refractivity (Wildman–Crippen MR) is 607 cm³/mol. The summed E-state index contributed by atoms with van der Waals surface area (Å²) in [5, 5.41) is 17.1. The van der Waals surface area contributed by atoms with Crippen LogP contribution in [0.2, 0.25) is 0 Å². The number of aromatic nitrogens is 6. The molecule has 0 aliphatic rings. The number of fused-ring (bicyclic) bond motifs is 21. The molecule has 23 aromatic carbocycles. The summed E-state index contributed by atoms with van der Waals surface area (Å²) in [5.74, 6) is 0. The van der Waals surface area contributed by atoms with Crippen LogP contribution in [0.15, 0.2) is 522 Å². The van der Waals surface area contributed by atoms with E-state index in [-0.39, 0.29) is 0 Å². The van der Waals surface area contributed by atoms with Crippen molar-refractivity contribution in [2.45, 2.75) is 0 Å². The molecule has 0 bridgehead atoms. The lowest BCUT2D eigenvalue weighted by Gasteiger charge is -2.16. The smallest absolute Gasteiger partial charge is 0.0620 e. The third kappa shape index (κ3) is 12.8. The van der Waals surface area contributed by atoms with Crippen LogP contribution in [0.25, 0.3) is 287 Å². The van der Waals surface area contributed by atoms with Gasteiger partial charge in [-0.25, -0.2) is 0 Å². The number of nitrogens with zero attached hydrogens (tertiary/aromatic N) is 6. The van der Waals surface area contributed by atoms with Gasteiger partial charge < -0.3 is 27.2 Å². The van der Waals surface area contributed by atoms with Crippen molar-refractivity contribution in [2.75, 3.05) is 0 Å². The molecule has 0 spiro atoms. The third-order valence-corrected chi connectivity index (χ3v) is 30.7. The Morgan fingerprint density at radius 3 is 0.743 bits per heavy atom. The van der Waals surface area contributed by atoms with Gasteiger partial charge in [0.2, 0.25) is 0 Å². The van der Waals surface area contributed by atoms with Crippen molar-refractivity contribution in [3.8, 4) is 140 Å². The first-order valence-electron chi connectivity index (χ1n) is 49.7. The second-order valence-electron chi connectivity index (χ2n) is 38.6. The lowest BCUT2D eigenvalue weighted by molar-refractivity contribution is 1.17. The molecule has 7 aromatic heterocycles. The molecule has 6 nitrogen and oxygen atoms in total. The van der Waals surface area contributed by atoms with Gasteiger partial charge in [-0.1, -0.05) is 328 Å². The van der Waals surface area contributed by atoms with Crippen LogP contribution in [-0.4, -0.2) is 27.2 Å². The monoisotopic (exact) mass is 1830 g/mol. The lowest BCUT2D eigenvalue weighted by atomic mass is 9.90. The van der Waals surface area contributed by atoms with E-state index < -0.39 is 0 Å². The van der Waals surface area contributed by atoms with Crippen LogP contribution in [0.3, 0.4) is 0 Å². The molecule has 0 unspecified atom stereocenters. The zero-order chi connectivity index (χ0) is 94.3. The minimum atomic E-state index is 1.08. The van der Waals surface area contributed by atoms with Crippen LogP contribution >= 0.6 is 0 Å². The number of para-hydroxylation sites is 6. The second kappa shape index (κ2) is 32.2. The van der Waals surface area contributed by atoms with Gasteiger partial charge in [0.15, 0.2) is 0 Å². The molecule has 0 atom stereocenters. The fourth-order valence-electron chi connectivity index (χ4n) is 24.0. The number of hydrogen-bond donors (Lipinski definition) is 0. The largest absolute Gasteiger partial charge is 0.309 e. The normalized spacial score (nSPS) is 12.0. The highest BCUT2D eigenvalue weighted by Gasteiger charge is 2.26. The van der Waals surface area contributed by atoms with E-state index in [9.17, 15) is 0 Å². The summed E-state index contributed by atoms with van der Waals surface area (Å²) >= 11 is 0. The van der Waals surface area contributed by atoms with Crippen LogP contribution in [-0.2, 0) is 0 Å². The van der Waals surface area contributed by atoms with Crippen molar-refractivity contribution in [3.63, 3.8) is 0 Å². The van der Waals surface area contributed by atoms with E-state index in [2.05, 4.69) is 549 Å². The van der Waals surface area contributed by atoms with Crippen molar-refractivity contribution in [2.24, 2.45) is 0 Å². The van der Waals surface area contributed by atoms with Crippen molar-refractivity contribution >= 4 is 147 Å². The molecular formula is C138H86N6. The van der Waals surface area contributed by atoms with Gasteiger partial charge in [-0.2, -0.15) is 0 Å². The summed E-state index contributed by atoms with van der Waals surface area (Å²) in [6.07, 6.45) is 0. The van der Waals surface area contributed by atoms with Gasteiger partial charge in [-0.15, -0.1) is 0 Å². The van der Waals surface area contributed by atoms with E-state index in [0.717, 1.165) is 117 Å². The number of rotatable bonds is 15. The van der Waals surface area contributed by atoms with E-state index in [1.54, 1.807) is 0 Å². The van der Waals surface area contributed by atoms with Crippen LogP contribution in [0.4, 0.5) is 0 Å². The van der Waals surface area contributed by atoms with Gasteiger partial charge in [0, 0.05) is 104 Å². The van der Waals surface area contributed by atoms with Gasteiger partial charge in [0.25, 0.3) is 0 Å². The minimum Gasteiger partial charge on any atom is -0.309 e. The van der Waals surface area contributed by atoms with Crippen LogP contribution in [0.5, 0.6) is 0 Å². The molecule has 30 rings (SSSR count). The average molecular weight is 1830 g/mol. The van der Waals surface area contributed by atoms with Crippen LogP contribution in [0, 0.1) is 0 Å². The summed E-state index contributed by atoms with van der Waals surface area (Å²) < 4.78 is 14.7. The summed E-state index contributed by atoms with van der Waals surface area (Å²) in [5.41, 5.74) is 44.2. The quantitative estimate of drug-likeness (QED) is 0.0979. The second-order valence-corrected chi connectivity index (χ2v) is 38.6. The lowest BCUT2D eigenvalue weighted by Crippen LogP contribution is -1.96. The highest BCUT2D eigenvalue weighted by Crippen LogP contribution is 2.49. The minimum absolute atomic E-state index is 1.08. The topological polar surface area (TPSA) is 29.1 Å². The predicted octanol–water partition coefficient (Wildman–Crippen LogP) is 37.0. The van der Waals surface area contributed by atoms with Gasteiger partial charge in [-0.3, -0.25) is 0 Å². The first-order chi connectivity index (χ1) is 71.4. The van der Waals surface area contributed by atoms with Crippen molar-refractivity contribution in [3.05, 3.63) is 522 Å². The van der Waals surface area contributed by atoms with Gasteiger partial charge in [0.05, 0.1) is 71.7 Å². The van der Waals surface area contributed by atoms with Crippen molar-refractivity contribution in [1.82, 2.24) is 27.2 Å². The molecule has 6 heteroatoms. The SMILES string of the molecule is c1ccc(-c2ccc(-n3c4ccccc4c4cc(-c5ccc6c(c5)c5cc(-c7ccc8c(c7)c7cc(-c9ccc%10c(c9)c9ccccc9n%10-c9ccccc9)ccc7n8-c7ccc8c(c7)c7ccccc7n8-c7cccc(-c8cc(-c9cccc(-c%10cccc(-c%11ccc%12c(c%11)c%11cccc%13c%14ccccc%14n%12c%13%11)c%10)c9)ccc8-c8ccccc8)c7)ccc5n6-c5ccc(-c6ccccc6)cc5)ccc43)cc2)cc1. The molecule has 7 heterocycles. The number of hydrogen-bond acceptors (Lipinski definition) is 0. The molecular weight excluding hydrogens is 1740 g/mol. The Balaban J connectivity index is 0.544. The van der Waals surface area contributed by atoms with Gasteiger partial charge >= 0.3 is 0 Å². The molecule has 0 N–H and O–H groups in total. The highest BCUT2D eigenvalue weighted by molar-refractivity contribution is 6.24. The van der Waals surface area contributed by atoms with E-state index in [1.807, 2.05) is 0 Å². The molecule has 0 saturated heterocycles. The zero-order valence-electron chi connectivity index (χ0n) is 78.3. The zero-order valence-corrected chi connectivity index (χ0v) is 78.3. The highest BCUT2D eigenvalue weighted by atomic mass is 15.0. The fourth-order valence-corrected chi connectivity index (χ4v) is 24.0. The molecule has 0 aliphatic heterocycles. The Labute approximate surface area is 829 Å². The Kier molecular flexibility index (Phi) is 18.1. The third-order valence-electron chi connectivity index (χ3n) is 30.7. The molecule has 0 amide bonds. The molecule has 0 fully saturated rings. The van der Waals surface area contributed by atoms with E-state index in [4.69, 9.17) is 0 Å². The van der Waals surface area contributed by atoms with Gasteiger partial charge in [0.1, 0.15) is 0 Å². The molecule has 0 saturated carbocycles. The van der Waals surface area contributed by atoms with E-state index in [1.165, 1.54) is 170 Å². The van der Waals surface area contributed by atoms with E-state index >= 15 is 0 Å². The summed E-state index contributed by atoms with van der Waals surface area (Å²) in [6.45, 7) is 0. The summed E-state index contributed by atoms with van der Waals surface area (Å²) in [6, 6.07) is 195. The summed E-state index contributed by atoms with van der Waals surface area (Å²) in [7, 11) is 0. The molecule has 0 aliphatic carbocycles. The van der Waals surface area contributed by atoms with Gasteiger partial charge in [-0.05, 0) is 305 Å². The Hall–Kier alpha value is -19.1. The average Bonchev–Trinajstić information content (AvgIpc) is 1.54. The summed E-state index contributed by atoms with van der Waals surface area (Å²) in [4.78, 5) is 0. The Morgan fingerprint density at radius 1 is 0.0972 bits per heavy atom. The Bertz CT molecular complexity index is 10500. The maximum absolute atomic E-state index is 2.51. The van der Waals surface area contributed by atoms with Crippen molar-refractivity contribution < 1.29 is 0 Å². The molecule has 30 aromatic rings. The van der Waals surface area contributed by atoms with Crippen molar-refractivity contribution in [1.29, 1.82) is 0 Å². The Morgan fingerprint density at radius 2 is 0.319 bits per heavy atom. The molecule has 144 heavy (non-hydrogen) atoms. The molecule has 0 radical (unpaired) electrons.